The molecule has 0 atom stereocenters. The van der Waals surface area contributed by atoms with Crippen molar-refractivity contribution in [2.75, 3.05) is 0 Å². The number of benzene rings is 1. The lowest BCUT2D eigenvalue weighted by Crippen LogP contribution is -2.34. The average molecular weight is 247 g/mol. The van der Waals surface area contributed by atoms with Gasteiger partial charge in [0.15, 0.2) is 0 Å². The topological polar surface area (TPSA) is 54.0 Å². The molecule has 0 saturated heterocycles. The number of carbonyl (C=O) groups is 1. The molecule has 2 amide bonds. The van der Waals surface area contributed by atoms with E-state index in [0.29, 0.717) is 13.1 Å². The zero-order valence-electron chi connectivity index (χ0n) is 9.22. The third-order valence-corrected chi connectivity index (χ3v) is 2.98. The van der Waals surface area contributed by atoms with E-state index in [2.05, 4.69) is 15.6 Å². The van der Waals surface area contributed by atoms with Crippen molar-refractivity contribution in [1.29, 1.82) is 0 Å². The number of aromatic nitrogens is 1. The van der Waals surface area contributed by atoms with E-state index in [1.54, 1.807) is 11.7 Å². The Balaban J connectivity index is 1.71. The number of carbonyl (C=O) groups excluding carboxylic acids is 1. The summed E-state index contributed by atoms with van der Waals surface area (Å²) < 4.78 is 0. The van der Waals surface area contributed by atoms with Crippen molar-refractivity contribution in [3.05, 3.63) is 52.5 Å². The fourth-order valence-corrected chi connectivity index (χ4v) is 1.87. The van der Waals surface area contributed by atoms with Crippen LogP contribution in [0.4, 0.5) is 4.79 Å². The van der Waals surface area contributed by atoms with E-state index >= 15 is 0 Å². The molecule has 0 aliphatic heterocycles. The zero-order valence-corrected chi connectivity index (χ0v) is 10.0. The third-order valence-electron chi connectivity index (χ3n) is 2.20. The van der Waals surface area contributed by atoms with Crippen LogP contribution in [0.1, 0.15) is 10.4 Å². The molecule has 2 N–H and O–H groups in total. The number of nitrogens with zero attached hydrogens (tertiary/aromatic N) is 1. The van der Waals surface area contributed by atoms with Gasteiger partial charge >= 0.3 is 6.03 Å². The number of thiazole rings is 1. The van der Waals surface area contributed by atoms with Crippen molar-refractivity contribution in [2.24, 2.45) is 0 Å². The summed E-state index contributed by atoms with van der Waals surface area (Å²) in [6.07, 6.45) is 1.75. The number of nitrogens with one attached hydrogen (secondary N) is 2. The molecular formula is C12H13N3OS. The second-order valence-corrected chi connectivity index (χ2v) is 4.46. The second-order valence-electron chi connectivity index (χ2n) is 3.49. The fraction of sp³-hybridized carbons (Fsp3) is 0.167. The van der Waals surface area contributed by atoms with Crippen molar-refractivity contribution in [1.82, 2.24) is 15.6 Å². The quantitative estimate of drug-likeness (QED) is 0.869. The van der Waals surface area contributed by atoms with E-state index in [1.165, 1.54) is 11.3 Å². The van der Waals surface area contributed by atoms with Gasteiger partial charge in [0.2, 0.25) is 0 Å². The first-order valence-electron chi connectivity index (χ1n) is 5.27. The van der Waals surface area contributed by atoms with Crippen molar-refractivity contribution in [3.63, 3.8) is 0 Å². The lowest BCUT2D eigenvalue weighted by molar-refractivity contribution is 0.240. The molecule has 0 unspecified atom stereocenters. The molecule has 4 nitrogen and oxygen atoms in total. The molecule has 2 aromatic rings. The first kappa shape index (κ1) is 11.6. The predicted molar refractivity (Wildman–Crippen MR) is 67.6 cm³/mol. The molecule has 2 rings (SSSR count). The first-order valence-corrected chi connectivity index (χ1v) is 6.15. The summed E-state index contributed by atoms with van der Waals surface area (Å²) in [6, 6.07) is 9.64. The molecule has 0 radical (unpaired) electrons. The number of hydrogen-bond donors (Lipinski definition) is 2. The minimum atomic E-state index is -0.165. The Bertz CT molecular complexity index is 456. The molecule has 1 heterocycles. The summed E-state index contributed by atoms with van der Waals surface area (Å²) in [4.78, 5) is 16.5. The lowest BCUT2D eigenvalue weighted by atomic mass is 10.2. The van der Waals surface area contributed by atoms with Crippen LogP contribution in [0.2, 0.25) is 0 Å². The predicted octanol–water partition coefficient (Wildman–Crippen LogP) is 2.14. The highest BCUT2D eigenvalue weighted by Crippen LogP contribution is 2.03. The van der Waals surface area contributed by atoms with Crippen molar-refractivity contribution in [2.45, 2.75) is 13.1 Å². The van der Waals surface area contributed by atoms with Crippen LogP contribution >= 0.6 is 11.3 Å². The number of hydrogen-bond acceptors (Lipinski definition) is 3. The third kappa shape index (κ3) is 3.88. The molecule has 88 valence electrons. The highest BCUT2D eigenvalue weighted by molar-refractivity contribution is 7.09. The monoisotopic (exact) mass is 247 g/mol. The number of urea groups is 1. The number of rotatable bonds is 4. The molecule has 0 aliphatic carbocycles. The summed E-state index contributed by atoms with van der Waals surface area (Å²) in [5, 5.41) is 5.57. The van der Waals surface area contributed by atoms with E-state index in [4.69, 9.17) is 0 Å². The Morgan fingerprint density at radius 2 is 1.94 bits per heavy atom. The molecular weight excluding hydrogens is 234 g/mol. The first-order chi connectivity index (χ1) is 8.34. The van der Waals surface area contributed by atoms with Crippen LogP contribution in [-0.2, 0) is 13.1 Å². The summed E-state index contributed by atoms with van der Waals surface area (Å²) in [5.41, 5.74) is 2.83. The SMILES string of the molecule is O=C(NCc1ccccc1)NCc1cncs1. The van der Waals surface area contributed by atoms with Gasteiger partial charge in [0.1, 0.15) is 0 Å². The van der Waals surface area contributed by atoms with Crippen LogP contribution in [0.25, 0.3) is 0 Å². The summed E-state index contributed by atoms with van der Waals surface area (Å²) in [7, 11) is 0. The van der Waals surface area contributed by atoms with Gasteiger partial charge in [-0.05, 0) is 5.56 Å². The zero-order chi connectivity index (χ0) is 11.9. The van der Waals surface area contributed by atoms with Gasteiger partial charge in [0, 0.05) is 17.6 Å². The molecule has 0 saturated carbocycles. The Morgan fingerprint density at radius 3 is 2.65 bits per heavy atom. The normalized spacial score (nSPS) is 9.88. The van der Waals surface area contributed by atoms with Crippen LogP contribution in [0.5, 0.6) is 0 Å². The number of amides is 2. The molecule has 5 heteroatoms. The maximum absolute atomic E-state index is 11.5. The summed E-state index contributed by atoms with van der Waals surface area (Å²) >= 11 is 1.53. The molecule has 1 aromatic carbocycles. The minimum Gasteiger partial charge on any atom is -0.334 e. The van der Waals surface area contributed by atoms with Gasteiger partial charge in [-0.2, -0.15) is 0 Å². The van der Waals surface area contributed by atoms with Crippen molar-refractivity contribution < 1.29 is 4.79 Å². The second kappa shape index (κ2) is 6.00. The van der Waals surface area contributed by atoms with E-state index in [-0.39, 0.29) is 6.03 Å². The van der Waals surface area contributed by atoms with Crippen molar-refractivity contribution >= 4 is 17.4 Å². The highest BCUT2D eigenvalue weighted by atomic mass is 32.1. The van der Waals surface area contributed by atoms with Crippen LogP contribution < -0.4 is 10.6 Å². The van der Waals surface area contributed by atoms with Crippen molar-refractivity contribution in [3.8, 4) is 0 Å². The Labute approximate surface area is 104 Å². The van der Waals surface area contributed by atoms with Gasteiger partial charge in [-0.3, -0.25) is 4.98 Å². The van der Waals surface area contributed by atoms with Gasteiger partial charge in [0.25, 0.3) is 0 Å². The Kier molecular flexibility index (Phi) is 4.10. The standard InChI is InChI=1S/C12H13N3OS/c16-12(15-8-11-7-13-9-17-11)14-6-10-4-2-1-3-5-10/h1-5,7,9H,6,8H2,(H2,14,15,16). The molecule has 0 fully saturated rings. The van der Waals surface area contributed by atoms with Crippen LogP contribution in [0.15, 0.2) is 42.0 Å². The van der Waals surface area contributed by atoms with Gasteiger partial charge < -0.3 is 10.6 Å². The lowest BCUT2D eigenvalue weighted by Gasteiger charge is -2.06. The van der Waals surface area contributed by atoms with Crippen LogP contribution in [0.3, 0.4) is 0 Å². The highest BCUT2D eigenvalue weighted by Gasteiger charge is 2.00. The fourth-order valence-electron chi connectivity index (χ4n) is 1.34. The maximum Gasteiger partial charge on any atom is 0.315 e. The smallest absolute Gasteiger partial charge is 0.315 e. The average Bonchev–Trinajstić information content (AvgIpc) is 2.88. The van der Waals surface area contributed by atoms with Gasteiger partial charge in [-0.25, -0.2) is 4.79 Å². The van der Waals surface area contributed by atoms with Gasteiger partial charge in [0.05, 0.1) is 12.1 Å². The molecule has 17 heavy (non-hydrogen) atoms. The molecule has 0 aliphatic rings. The van der Waals surface area contributed by atoms with Crippen LogP contribution in [0, 0.1) is 0 Å². The van der Waals surface area contributed by atoms with Crippen LogP contribution in [-0.4, -0.2) is 11.0 Å². The summed E-state index contributed by atoms with van der Waals surface area (Å²) in [5.74, 6) is 0. The molecule has 0 spiro atoms. The molecule has 1 aromatic heterocycles. The minimum absolute atomic E-state index is 0.165. The maximum atomic E-state index is 11.5. The Hall–Kier alpha value is -1.88. The van der Waals surface area contributed by atoms with E-state index < -0.39 is 0 Å². The summed E-state index contributed by atoms with van der Waals surface area (Å²) in [6.45, 7) is 1.06. The van der Waals surface area contributed by atoms with Gasteiger partial charge in [-0.1, -0.05) is 30.3 Å². The van der Waals surface area contributed by atoms with E-state index in [0.717, 1.165) is 10.4 Å². The van der Waals surface area contributed by atoms with E-state index in [1.807, 2.05) is 30.3 Å². The largest absolute Gasteiger partial charge is 0.334 e. The van der Waals surface area contributed by atoms with Gasteiger partial charge in [-0.15, -0.1) is 11.3 Å². The van der Waals surface area contributed by atoms with E-state index in [9.17, 15) is 4.79 Å². The molecule has 0 bridgehead atoms. The Morgan fingerprint density at radius 1 is 1.18 bits per heavy atom.